The second-order valence-corrected chi connectivity index (χ2v) is 11.3. The molecule has 2 heterocycles. The molecule has 0 aliphatic carbocycles. The molecule has 0 radical (unpaired) electrons. The summed E-state index contributed by atoms with van der Waals surface area (Å²) in [5.41, 5.74) is 2.42. The van der Waals surface area contributed by atoms with E-state index in [0.29, 0.717) is 46.1 Å². The first-order valence-corrected chi connectivity index (χ1v) is 13.7. The molecule has 1 aromatic heterocycles. The van der Waals surface area contributed by atoms with Gasteiger partial charge in [-0.15, -0.1) is 11.6 Å². The van der Waals surface area contributed by atoms with Crippen molar-refractivity contribution >= 4 is 57.3 Å². The third-order valence-electron chi connectivity index (χ3n) is 6.83. The molecule has 3 amide bonds. The number of alkyl halides is 1. The Hall–Kier alpha value is -4.50. The summed E-state index contributed by atoms with van der Waals surface area (Å²) in [5, 5.41) is 17.7. The van der Waals surface area contributed by atoms with E-state index in [0.717, 1.165) is 10.9 Å². The second-order valence-electron chi connectivity index (χ2n) is 11.0. The molecule has 3 aromatic carbocycles. The average molecular weight is 575 g/mol. The minimum Gasteiger partial charge on any atom is -0.507 e. The lowest BCUT2D eigenvalue weighted by molar-refractivity contribution is 0.0635. The smallest absolute Gasteiger partial charge is 0.412 e. The Morgan fingerprint density at radius 3 is 2.44 bits per heavy atom. The van der Waals surface area contributed by atoms with Crippen molar-refractivity contribution in [2.75, 3.05) is 28.0 Å². The van der Waals surface area contributed by atoms with Crippen molar-refractivity contribution in [2.45, 2.75) is 32.3 Å². The molecule has 1 aliphatic heterocycles. The zero-order valence-electron chi connectivity index (χ0n) is 23.2. The Bertz CT molecular complexity index is 1670. The Morgan fingerprint density at radius 1 is 1.00 bits per heavy atom. The summed E-state index contributed by atoms with van der Waals surface area (Å²) in [7, 11) is 1.72. The number of ether oxygens (including phenoxy) is 1. The molecule has 0 fully saturated rings. The number of phenolic OH excluding ortho intramolecular Hbond substituents is 1. The van der Waals surface area contributed by atoms with Crippen LogP contribution < -0.4 is 15.5 Å². The number of hydrogen-bond donors (Lipinski definition) is 3. The number of aryl methyl sites for hydroxylation is 1. The van der Waals surface area contributed by atoms with Gasteiger partial charge in [-0.05, 0) is 56.0 Å². The van der Waals surface area contributed by atoms with Gasteiger partial charge >= 0.3 is 6.09 Å². The first-order chi connectivity index (χ1) is 19.4. The normalized spacial score (nSPS) is 14.6. The van der Waals surface area contributed by atoms with E-state index in [1.807, 2.05) is 24.3 Å². The quantitative estimate of drug-likeness (QED) is 0.237. The number of nitrogens with one attached hydrogen (secondary N) is 2. The van der Waals surface area contributed by atoms with Crippen molar-refractivity contribution in [2.24, 2.45) is 7.05 Å². The van der Waals surface area contributed by atoms with Crippen molar-refractivity contribution in [1.82, 2.24) is 4.57 Å². The molecule has 41 heavy (non-hydrogen) atoms. The van der Waals surface area contributed by atoms with E-state index in [1.165, 1.54) is 0 Å². The van der Waals surface area contributed by atoms with Crippen LogP contribution in [-0.4, -0.2) is 45.6 Å². The molecule has 0 bridgehead atoms. The van der Waals surface area contributed by atoms with E-state index >= 15 is 0 Å². The average Bonchev–Trinajstić information content (AvgIpc) is 3.47. The van der Waals surface area contributed by atoms with Crippen molar-refractivity contribution in [3.05, 3.63) is 83.7 Å². The fraction of sp³-hybridized carbons (Fsp3) is 0.258. The first-order valence-electron chi connectivity index (χ1n) is 13.2. The van der Waals surface area contributed by atoms with Crippen LogP contribution in [0.4, 0.5) is 21.9 Å². The predicted octanol–water partition coefficient (Wildman–Crippen LogP) is 6.47. The largest absolute Gasteiger partial charge is 0.507 e. The summed E-state index contributed by atoms with van der Waals surface area (Å²) >= 11 is 6.33. The van der Waals surface area contributed by atoms with Crippen LogP contribution in [0.15, 0.2) is 66.9 Å². The zero-order chi connectivity index (χ0) is 29.5. The topological polar surface area (TPSA) is 113 Å². The highest BCUT2D eigenvalue weighted by Gasteiger charge is 2.35. The number of amides is 3. The standard InChI is InChI=1S/C31H31ClN4O5/c1-31(2,3)41-30(40)34-20-9-7-8-18(12-20)28(38)33-21-13-25(35(4)17-21)29(39)36-16-19(15-32)27-23-11-6-5-10-22(23)26(37)14-24(27)36/h5-14,17,19,37H,15-16H2,1-4H3,(H,33,38)(H,34,40)/t19-/m1/s1. The highest BCUT2D eigenvalue weighted by molar-refractivity contribution is 6.19. The maximum atomic E-state index is 13.8. The first kappa shape index (κ1) is 28.0. The second kappa shape index (κ2) is 10.8. The maximum Gasteiger partial charge on any atom is 0.412 e. The number of carbonyl (C=O) groups is 3. The molecular formula is C31H31ClN4O5. The number of rotatable bonds is 5. The number of phenols is 1. The molecule has 10 heteroatoms. The third-order valence-corrected chi connectivity index (χ3v) is 7.20. The van der Waals surface area contributed by atoms with Crippen molar-refractivity contribution in [1.29, 1.82) is 0 Å². The summed E-state index contributed by atoms with van der Waals surface area (Å²) in [4.78, 5) is 40.5. The van der Waals surface area contributed by atoms with E-state index in [1.54, 1.807) is 79.9 Å². The monoisotopic (exact) mass is 574 g/mol. The number of hydrogen-bond acceptors (Lipinski definition) is 5. The molecule has 3 N–H and O–H groups in total. The van der Waals surface area contributed by atoms with Gasteiger partial charge in [0.15, 0.2) is 0 Å². The molecule has 9 nitrogen and oxygen atoms in total. The van der Waals surface area contributed by atoms with Crippen LogP contribution in [0.5, 0.6) is 5.75 Å². The molecule has 4 aromatic rings. The van der Waals surface area contributed by atoms with Gasteiger partial charge in [0, 0.05) is 54.3 Å². The lowest BCUT2D eigenvalue weighted by Crippen LogP contribution is -2.31. The molecule has 0 saturated heterocycles. The fourth-order valence-corrected chi connectivity index (χ4v) is 5.34. The van der Waals surface area contributed by atoms with Crippen LogP contribution in [-0.2, 0) is 11.8 Å². The predicted molar refractivity (Wildman–Crippen MR) is 160 cm³/mol. The van der Waals surface area contributed by atoms with Crippen molar-refractivity contribution in [3.8, 4) is 5.75 Å². The van der Waals surface area contributed by atoms with Crippen LogP contribution in [0.25, 0.3) is 10.8 Å². The molecule has 0 spiro atoms. The number of aromatic nitrogens is 1. The minimum atomic E-state index is -0.655. The third kappa shape index (κ3) is 5.71. The number of benzene rings is 3. The summed E-state index contributed by atoms with van der Waals surface area (Å²) in [6.07, 6.45) is 1.03. The molecule has 1 atom stereocenters. The Morgan fingerprint density at radius 2 is 1.73 bits per heavy atom. The van der Waals surface area contributed by atoms with Gasteiger partial charge in [0.05, 0.1) is 11.4 Å². The van der Waals surface area contributed by atoms with Crippen LogP contribution in [0.3, 0.4) is 0 Å². The fourth-order valence-electron chi connectivity index (χ4n) is 5.09. The Labute approximate surface area is 242 Å². The van der Waals surface area contributed by atoms with E-state index in [9.17, 15) is 19.5 Å². The van der Waals surface area contributed by atoms with E-state index < -0.39 is 17.6 Å². The number of aromatic hydroxyl groups is 1. The van der Waals surface area contributed by atoms with Gasteiger partial charge in [-0.3, -0.25) is 14.9 Å². The van der Waals surface area contributed by atoms with Crippen LogP contribution in [0, 0.1) is 0 Å². The van der Waals surface area contributed by atoms with Gasteiger partial charge in [-0.2, -0.15) is 0 Å². The number of halogens is 1. The molecule has 0 unspecified atom stereocenters. The summed E-state index contributed by atoms with van der Waals surface area (Å²) in [5.74, 6) is -0.368. The van der Waals surface area contributed by atoms with Gasteiger partial charge in [0.2, 0.25) is 0 Å². The van der Waals surface area contributed by atoms with Crippen molar-refractivity contribution in [3.63, 3.8) is 0 Å². The lowest BCUT2D eigenvalue weighted by Gasteiger charge is -2.19. The molecule has 1 aliphatic rings. The molecular weight excluding hydrogens is 544 g/mol. The summed E-state index contributed by atoms with van der Waals surface area (Å²) in [6.45, 7) is 5.66. The highest BCUT2D eigenvalue weighted by atomic mass is 35.5. The zero-order valence-corrected chi connectivity index (χ0v) is 24.0. The Balaban J connectivity index is 1.36. The van der Waals surface area contributed by atoms with E-state index in [2.05, 4.69) is 10.6 Å². The Kier molecular flexibility index (Phi) is 7.40. The molecule has 5 rings (SSSR count). The van der Waals surface area contributed by atoms with Crippen molar-refractivity contribution < 1.29 is 24.2 Å². The summed E-state index contributed by atoms with van der Waals surface area (Å²) < 4.78 is 6.92. The van der Waals surface area contributed by atoms with E-state index in [-0.39, 0.29) is 17.6 Å². The minimum absolute atomic E-state index is 0.0931. The van der Waals surface area contributed by atoms with Crippen LogP contribution in [0.2, 0.25) is 0 Å². The summed E-state index contributed by atoms with van der Waals surface area (Å²) in [6, 6.07) is 17.2. The number of carbonyl (C=O) groups excluding carboxylic acids is 3. The lowest BCUT2D eigenvalue weighted by atomic mass is 9.95. The number of anilines is 3. The van der Waals surface area contributed by atoms with Crippen LogP contribution >= 0.6 is 11.6 Å². The van der Waals surface area contributed by atoms with Crippen LogP contribution in [0.1, 0.15) is 53.1 Å². The van der Waals surface area contributed by atoms with Gasteiger partial charge in [0.1, 0.15) is 17.0 Å². The molecule has 212 valence electrons. The molecule has 0 saturated carbocycles. The van der Waals surface area contributed by atoms with Gasteiger partial charge in [0.25, 0.3) is 11.8 Å². The van der Waals surface area contributed by atoms with Gasteiger partial charge in [-0.1, -0.05) is 30.3 Å². The van der Waals surface area contributed by atoms with Gasteiger partial charge < -0.3 is 24.6 Å². The maximum absolute atomic E-state index is 13.8. The number of fused-ring (bicyclic) bond motifs is 3. The van der Waals surface area contributed by atoms with Gasteiger partial charge in [-0.25, -0.2) is 4.79 Å². The highest BCUT2D eigenvalue weighted by Crippen LogP contribution is 2.45. The number of nitrogens with zero attached hydrogens (tertiary/aromatic N) is 2. The SMILES string of the molecule is Cn1cc(NC(=O)c2cccc(NC(=O)OC(C)(C)C)c2)cc1C(=O)N1C[C@@H](CCl)c2c1cc(O)c1ccccc21. The van der Waals surface area contributed by atoms with E-state index in [4.69, 9.17) is 16.3 Å².